The average Bonchev–Trinajstić information content (AvgIpc) is 3.49. The van der Waals surface area contributed by atoms with Crippen LogP contribution >= 0.6 is 0 Å². The molecular weight excluding hydrogens is 412 g/mol. The maximum absolute atomic E-state index is 13.8. The number of pyridine rings is 1. The highest BCUT2D eigenvalue weighted by atomic mass is 19.1. The Hall–Kier alpha value is -3.27. The molecule has 1 aromatic carbocycles. The lowest BCUT2D eigenvalue weighted by Crippen LogP contribution is -2.50. The Morgan fingerprint density at radius 3 is 2.74 bits per heavy atom. The zero-order chi connectivity index (χ0) is 21.9. The summed E-state index contributed by atoms with van der Waals surface area (Å²) in [4.78, 5) is 39.8. The molecule has 31 heavy (non-hydrogen) atoms. The number of rotatable bonds is 4. The van der Waals surface area contributed by atoms with E-state index in [4.69, 9.17) is 4.74 Å². The largest absolute Gasteiger partial charge is 0.503 e. The van der Waals surface area contributed by atoms with E-state index in [9.17, 15) is 28.3 Å². The lowest BCUT2D eigenvalue weighted by atomic mass is 10.1. The zero-order valence-corrected chi connectivity index (χ0v) is 16.3. The fourth-order valence-corrected chi connectivity index (χ4v) is 4.26. The molecule has 8 nitrogen and oxygen atoms in total. The van der Waals surface area contributed by atoms with E-state index in [0.717, 1.165) is 18.9 Å². The molecule has 162 valence electrons. The van der Waals surface area contributed by atoms with Crippen molar-refractivity contribution in [2.45, 2.75) is 38.2 Å². The normalized spacial score (nSPS) is 22.3. The van der Waals surface area contributed by atoms with Crippen LogP contribution in [0.2, 0.25) is 0 Å². The third kappa shape index (κ3) is 3.27. The molecule has 2 fully saturated rings. The summed E-state index contributed by atoms with van der Waals surface area (Å²) < 4.78 is 33.9. The topological polar surface area (TPSA) is 101 Å². The highest BCUT2D eigenvalue weighted by Gasteiger charge is 2.49. The number of aromatic hydroxyl groups is 1. The SMILES string of the molecule is O=C(NCc1ccc(F)cc1F)c1cn2c(c(O)c1=O)C(=O)N1C(C2)OCC1C1CC1. The van der Waals surface area contributed by atoms with E-state index in [0.29, 0.717) is 18.6 Å². The molecule has 0 radical (unpaired) electrons. The quantitative estimate of drug-likeness (QED) is 0.761. The van der Waals surface area contributed by atoms with Crippen LogP contribution in [-0.2, 0) is 17.8 Å². The first kappa shape index (κ1) is 19.7. The number of fused-ring (bicyclic) bond motifs is 2. The van der Waals surface area contributed by atoms with Gasteiger partial charge in [0.2, 0.25) is 5.43 Å². The summed E-state index contributed by atoms with van der Waals surface area (Å²) in [7, 11) is 0. The molecule has 0 spiro atoms. The van der Waals surface area contributed by atoms with Gasteiger partial charge >= 0.3 is 0 Å². The average molecular weight is 431 g/mol. The van der Waals surface area contributed by atoms with E-state index in [1.54, 1.807) is 4.90 Å². The molecule has 2 atom stereocenters. The number of ether oxygens (including phenoxy) is 1. The predicted molar refractivity (Wildman–Crippen MR) is 102 cm³/mol. The lowest BCUT2D eigenvalue weighted by Gasteiger charge is -2.34. The molecule has 2 aliphatic heterocycles. The third-order valence-corrected chi connectivity index (χ3v) is 6.04. The first-order valence-electron chi connectivity index (χ1n) is 9.98. The number of aromatic nitrogens is 1. The van der Waals surface area contributed by atoms with E-state index in [-0.39, 0.29) is 36.0 Å². The Morgan fingerprint density at radius 1 is 1.26 bits per heavy atom. The number of nitrogens with one attached hydrogen (secondary N) is 1. The van der Waals surface area contributed by atoms with Gasteiger partial charge in [-0.1, -0.05) is 6.07 Å². The van der Waals surface area contributed by atoms with Gasteiger partial charge in [0.25, 0.3) is 11.8 Å². The van der Waals surface area contributed by atoms with Crippen molar-refractivity contribution in [2.24, 2.45) is 5.92 Å². The molecule has 2 N–H and O–H groups in total. The molecular formula is C21H19F2N3O5. The van der Waals surface area contributed by atoms with E-state index in [2.05, 4.69) is 5.32 Å². The summed E-state index contributed by atoms with van der Waals surface area (Å²) in [5.41, 5.74) is -1.51. The first-order valence-corrected chi connectivity index (χ1v) is 9.98. The minimum atomic E-state index is -0.988. The highest BCUT2D eigenvalue weighted by Crippen LogP contribution is 2.41. The van der Waals surface area contributed by atoms with Gasteiger partial charge in [0.15, 0.2) is 17.7 Å². The van der Waals surface area contributed by atoms with Crippen LogP contribution in [0.25, 0.3) is 0 Å². The van der Waals surface area contributed by atoms with Crippen molar-refractivity contribution in [1.82, 2.24) is 14.8 Å². The number of nitrogens with zero attached hydrogens (tertiary/aromatic N) is 2. The van der Waals surface area contributed by atoms with Crippen LogP contribution in [0.3, 0.4) is 0 Å². The van der Waals surface area contributed by atoms with E-state index >= 15 is 0 Å². The Labute approximate surface area is 175 Å². The van der Waals surface area contributed by atoms with E-state index < -0.39 is 40.9 Å². The van der Waals surface area contributed by atoms with Crippen LogP contribution in [0, 0.1) is 17.6 Å². The van der Waals surface area contributed by atoms with Crippen LogP contribution in [0.5, 0.6) is 5.75 Å². The molecule has 0 bridgehead atoms. The van der Waals surface area contributed by atoms with Gasteiger partial charge in [0, 0.05) is 24.4 Å². The highest BCUT2D eigenvalue weighted by molar-refractivity contribution is 5.99. The van der Waals surface area contributed by atoms with Crippen LogP contribution in [-0.4, -0.2) is 45.3 Å². The number of carbonyl (C=O) groups is 2. The first-order chi connectivity index (χ1) is 14.8. The monoisotopic (exact) mass is 431 g/mol. The van der Waals surface area contributed by atoms with Gasteiger partial charge < -0.3 is 24.6 Å². The third-order valence-electron chi connectivity index (χ3n) is 6.04. The van der Waals surface area contributed by atoms with Crippen molar-refractivity contribution >= 4 is 11.8 Å². The minimum absolute atomic E-state index is 0.0355. The molecule has 2 unspecified atom stereocenters. The Bertz CT molecular complexity index is 1160. The maximum Gasteiger partial charge on any atom is 0.276 e. The van der Waals surface area contributed by atoms with Crippen LogP contribution in [0.4, 0.5) is 8.78 Å². The van der Waals surface area contributed by atoms with Crippen LogP contribution in [0.1, 0.15) is 39.3 Å². The van der Waals surface area contributed by atoms with Gasteiger partial charge in [-0.3, -0.25) is 14.4 Å². The van der Waals surface area contributed by atoms with Gasteiger partial charge in [-0.2, -0.15) is 0 Å². The Balaban J connectivity index is 1.42. The summed E-state index contributed by atoms with van der Waals surface area (Å²) in [6.07, 6.45) is 2.70. The van der Waals surface area contributed by atoms with Gasteiger partial charge in [-0.25, -0.2) is 8.78 Å². The van der Waals surface area contributed by atoms with Crippen molar-refractivity contribution < 1.29 is 28.2 Å². The number of benzene rings is 1. The molecule has 1 saturated carbocycles. The van der Waals surface area contributed by atoms with Gasteiger partial charge in [-0.05, 0) is 24.8 Å². The molecule has 10 heteroatoms. The number of halogens is 2. The van der Waals surface area contributed by atoms with Crippen molar-refractivity contribution in [2.75, 3.05) is 6.61 Å². The summed E-state index contributed by atoms with van der Waals surface area (Å²) in [6.45, 7) is 0.288. The van der Waals surface area contributed by atoms with Gasteiger partial charge in [-0.15, -0.1) is 0 Å². The molecule has 2 amide bonds. The van der Waals surface area contributed by atoms with E-state index in [1.807, 2.05) is 0 Å². The van der Waals surface area contributed by atoms with Crippen molar-refractivity contribution in [1.29, 1.82) is 0 Å². The summed E-state index contributed by atoms with van der Waals surface area (Å²) in [5, 5.41) is 12.8. The van der Waals surface area contributed by atoms with Gasteiger partial charge in [0.05, 0.1) is 19.2 Å². The Morgan fingerprint density at radius 2 is 2.03 bits per heavy atom. The van der Waals surface area contributed by atoms with Crippen molar-refractivity contribution in [3.63, 3.8) is 0 Å². The minimum Gasteiger partial charge on any atom is -0.503 e. The maximum atomic E-state index is 13.8. The number of amides is 2. The van der Waals surface area contributed by atoms with Crippen molar-refractivity contribution in [3.05, 3.63) is 63.1 Å². The fourth-order valence-electron chi connectivity index (χ4n) is 4.26. The number of carbonyl (C=O) groups excluding carboxylic acids is 2. The molecule has 3 heterocycles. The van der Waals surface area contributed by atoms with E-state index in [1.165, 1.54) is 16.8 Å². The molecule has 1 saturated heterocycles. The summed E-state index contributed by atoms with van der Waals surface area (Å²) >= 11 is 0. The molecule has 1 aromatic heterocycles. The zero-order valence-electron chi connectivity index (χ0n) is 16.3. The second kappa shape index (κ2) is 7.16. The second-order valence-electron chi connectivity index (χ2n) is 8.05. The smallest absolute Gasteiger partial charge is 0.276 e. The number of hydrogen-bond donors (Lipinski definition) is 2. The summed E-state index contributed by atoms with van der Waals surface area (Å²) in [6, 6.07) is 2.85. The van der Waals surface area contributed by atoms with Crippen molar-refractivity contribution in [3.8, 4) is 5.75 Å². The summed E-state index contributed by atoms with van der Waals surface area (Å²) in [5.74, 6) is -3.36. The lowest BCUT2D eigenvalue weighted by molar-refractivity contribution is 0.00507. The van der Waals surface area contributed by atoms with Gasteiger partial charge in [0.1, 0.15) is 17.2 Å². The Kier molecular flexibility index (Phi) is 4.54. The molecule has 3 aliphatic rings. The molecule has 2 aromatic rings. The predicted octanol–water partition coefficient (Wildman–Crippen LogP) is 1.35. The van der Waals surface area contributed by atoms with Crippen LogP contribution in [0.15, 0.2) is 29.2 Å². The molecule has 1 aliphatic carbocycles. The number of hydrogen-bond acceptors (Lipinski definition) is 5. The second-order valence-corrected chi connectivity index (χ2v) is 8.05. The molecule has 5 rings (SSSR count). The van der Waals surface area contributed by atoms with Crippen LogP contribution < -0.4 is 10.7 Å². The fraction of sp³-hybridized carbons (Fsp3) is 0.381. The standard InChI is InChI=1S/C21H19F2N3O5/c22-12-4-3-11(14(23)5-12)6-24-20(29)13-7-25-8-16-26(15(9-31-16)10-1-2-10)21(30)17(25)19(28)18(13)27/h3-5,7,10,15-16,28H,1-2,6,8-9H2,(H,24,29).